The number of fused-ring (bicyclic) bond motifs is 1. The first-order valence-corrected chi connectivity index (χ1v) is 16.6. The molecule has 0 bridgehead atoms. The number of urea groups is 1. The Bertz CT molecular complexity index is 2080. The molecule has 3 aromatic carbocycles. The van der Waals surface area contributed by atoms with Gasteiger partial charge >= 0.3 is 38.5 Å². The van der Waals surface area contributed by atoms with E-state index in [4.69, 9.17) is 4.65 Å². The summed E-state index contributed by atoms with van der Waals surface area (Å²) in [5.74, 6) is -13.9. The molecule has 2 aliphatic rings. The summed E-state index contributed by atoms with van der Waals surface area (Å²) in [4.78, 5) is 84.8. The largest absolute Gasteiger partial charge is 0.547 e. The SMILES string of the molecule is Cc1c(CN2CCN(C(=O)N[C@H](C(=O)N[C@H]3Cc4ccc(F)c(C(=O)O)c4OB3O)c3ccc(P(=O)(O)O)c(F)c3F)C(=O)C2=O)ccc(O)c1O. The minimum atomic E-state index is -5.39. The highest BCUT2D eigenvalue weighted by molar-refractivity contribution is 7.60. The van der Waals surface area contributed by atoms with Crippen LogP contribution in [-0.2, 0) is 31.9 Å². The van der Waals surface area contributed by atoms with Crippen LogP contribution in [0.1, 0.15) is 38.7 Å². The number of phenols is 2. The summed E-state index contributed by atoms with van der Waals surface area (Å²) in [5.41, 5.74) is -1.37. The zero-order valence-electron chi connectivity index (χ0n) is 26.5. The second-order valence-electron chi connectivity index (χ2n) is 11.7. The van der Waals surface area contributed by atoms with Crippen LogP contribution in [0.5, 0.6) is 17.2 Å². The Balaban J connectivity index is 1.41. The van der Waals surface area contributed by atoms with Crippen molar-refractivity contribution in [3.05, 3.63) is 81.7 Å². The quantitative estimate of drug-likeness (QED) is 0.0658. The van der Waals surface area contributed by atoms with Gasteiger partial charge in [0.25, 0.3) is 0 Å². The number of hydrogen-bond acceptors (Lipinski definition) is 10. The zero-order chi connectivity index (χ0) is 38.4. The van der Waals surface area contributed by atoms with E-state index in [1.54, 1.807) is 0 Å². The maximum absolute atomic E-state index is 15.4. The fourth-order valence-corrected chi connectivity index (χ4v) is 6.26. The van der Waals surface area contributed by atoms with E-state index in [2.05, 4.69) is 5.32 Å². The number of halogens is 3. The molecule has 2 atom stereocenters. The fourth-order valence-electron chi connectivity index (χ4n) is 5.64. The standard InChI is InChI=1S/C30H27BF3N4O13P/c1-12-14(3-6-17(39)24(12)40)11-37-8-9-38(28(43)27(37)42)30(46)36-23(15-4-7-18(52(48,49)50)22(34)21(15)33)26(41)35-19-10-13-2-5-16(32)20(29(44)45)25(13)51-31(19)47/h2-7,19,23,39-40,47H,8-11H2,1H3,(H,35,41)(H,36,46)(H,44,45)(H2,48,49,50)/t19-,23-/m0/s1. The van der Waals surface area contributed by atoms with Crippen molar-refractivity contribution in [2.45, 2.75) is 31.9 Å². The third-order valence-electron chi connectivity index (χ3n) is 8.44. The number of carbonyl (C=O) groups is 5. The number of imide groups is 1. The van der Waals surface area contributed by atoms with Gasteiger partial charge in [-0.1, -0.05) is 18.2 Å². The van der Waals surface area contributed by atoms with E-state index in [0.29, 0.717) is 22.6 Å². The predicted molar refractivity (Wildman–Crippen MR) is 169 cm³/mol. The number of carboxylic acids is 1. The summed E-state index contributed by atoms with van der Waals surface area (Å²) >= 11 is 0. The maximum Gasteiger partial charge on any atom is 0.547 e. The molecule has 0 unspecified atom stereocenters. The topological polar surface area (TPSA) is 264 Å². The van der Waals surface area contributed by atoms with Crippen molar-refractivity contribution in [3.63, 3.8) is 0 Å². The van der Waals surface area contributed by atoms with Crippen molar-refractivity contribution in [2.75, 3.05) is 13.1 Å². The molecule has 5 amide bonds. The lowest BCUT2D eigenvalue weighted by Gasteiger charge is -2.34. The molecule has 8 N–H and O–H groups in total. The molecule has 2 aliphatic heterocycles. The molecule has 1 fully saturated rings. The Labute approximate surface area is 290 Å². The summed E-state index contributed by atoms with van der Waals surface area (Å²) in [6.07, 6.45) is -0.412. The molecule has 274 valence electrons. The van der Waals surface area contributed by atoms with Gasteiger partial charge in [0.1, 0.15) is 28.5 Å². The number of phenolic OH excluding ortho intramolecular Hbond substituents is 2. The van der Waals surface area contributed by atoms with Gasteiger partial charge in [0.15, 0.2) is 23.1 Å². The number of carboxylic acid groups (broad SMARTS) is 1. The lowest BCUT2D eigenvalue weighted by atomic mass is 9.72. The summed E-state index contributed by atoms with van der Waals surface area (Å²) in [7, 11) is -7.44. The second-order valence-corrected chi connectivity index (χ2v) is 13.2. The smallest absolute Gasteiger partial charge is 0.534 e. The average molecular weight is 750 g/mol. The number of aromatic hydroxyl groups is 2. The van der Waals surface area contributed by atoms with Crippen LogP contribution in [0.25, 0.3) is 0 Å². The van der Waals surface area contributed by atoms with Crippen LogP contribution >= 0.6 is 7.60 Å². The first-order valence-electron chi connectivity index (χ1n) is 15.0. The van der Waals surface area contributed by atoms with Crippen LogP contribution in [0.15, 0.2) is 36.4 Å². The molecule has 0 aromatic heterocycles. The van der Waals surface area contributed by atoms with Crippen molar-refractivity contribution in [1.29, 1.82) is 0 Å². The molecular weight excluding hydrogens is 723 g/mol. The maximum atomic E-state index is 15.4. The fraction of sp³-hybridized carbons (Fsp3) is 0.233. The number of nitrogens with zero attached hydrogens (tertiary/aromatic N) is 2. The normalized spacial score (nSPS) is 16.6. The third-order valence-corrected chi connectivity index (χ3v) is 9.41. The van der Waals surface area contributed by atoms with Crippen LogP contribution < -0.4 is 20.6 Å². The first kappa shape index (κ1) is 37.6. The minimum Gasteiger partial charge on any atom is -0.534 e. The minimum absolute atomic E-state index is 0.00195. The highest BCUT2D eigenvalue weighted by atomic mass is 31.2. The van der Waals surface area contributed by atoms with E-state index in [9.17, 15) is 67.4 Å². The zero-order valence-corrected chi connectivity index (χ0v) is 27.4. The third kappa shape index (κ3) is 7.11. The number of carbonyl (C=O) groups excluding carboxylic acids is 4. The van der Waals surface area contributed by atoms with Crippen molar-refractivity contribution in [1.82, 2.24) is 20.4 Å². The Morgan fingerprint density at radius 2 is 1.71 bits per heavy atom. The number of piperazine rings is 1. The summed E-state index contributed by atoms with van der Waals surface area (Å²) in [6.45, 7) is 0.455. The van der Waals surface area contributed by atoms with E-state index in [-0.39, 0.29) is 24.2 Å². The van der Waals surface area contributed by atoms with Gasteiger partial charge in [0.2, 0.25) is 5.91 Å². The lowest BCUT2D eigenvalue weighted by molar-refractivity contribution is -0.154. The van der Waals surface area contributed by atoms with E-state index >= 15 is 4.39 Å². The van der Waals surface area contributed by atoms with E-state index in [1.165, 1.54) is 13.0 Å². The van der Waals surface area contributed by atoms with Crippen LogP contribution in [0.3, 0.4) is 0 Å². The molecular formula is C30H27BF3N4O13P. The average Bonchev–Trinajstić information content (AvgIpc) is 3.06. The number of nitrogens with one attached hydrogen (secondary N) is 2. The number of rotatable bonds is 8. The molecule has 3 aromatic rings. The van der Waals surface area contributed by atoms with Gasteiger partial charge in [-0.25, -0.2) is 22.8 Å². The van der Waals surface area contributed by atoms with Crippen molar-refractivity contribution in [2.24, 2.45) is 0 Å². The molecule has 0 saturated carbocycles. The Morgan fingerprint density at radius 3 is 2.37 bits per heavy atom. The Morgan fingerprint density at radius 1 is 1.02 bits per heavy atom. The summed E-state index contributed by atoms with van der Waals surface area (Å²) in [6, 6.07) is 1.70. The molecule has 0 spiro atoms. The van der Waals surface area contributed by atoms with Crippen molar-refractivity contribution >= 4 is 49.7 Å². The highest BCUT2D eigenvalue weighted by Gasteiger charge is 2.43. The second kappa shape index (κ2) is 14.2. The van der Waals surface area contributed by atoms with Crippen molar-refractivity contribution in [3.8, 4) is 17.2 Å². The molecule has 17 nitrogen and oxygen atoms in total. The van der Waals surface area contributed by atoms with E-state index in [1.807, 2.05) is 5.32 Å². The van der Waals surface area contributed by atoms with Crippen LogP contribution in [0, 0.1) is 24.4 Å². The van der Waals surface area contributed by atoms with Gasteiger partial charge in [-0.3, -0.25) is 23.8 Å². The highest BCUT2D eigenvalue weighted by Crippen LogP contribution is 2.37. The molecule has 1 saturated heterocycles. The van der Waals surface area contributed by atoms with Gasteiger partial charge in [-0.2, -0.15) is 0 Å². The van der Waals surface area contributed by atoms with Gasteiger partial charge in [0.05, 0.1) is 5.94 Å². The van der Waals surface area contributed by atoms with Gasteiger partial charge in [0, 0.05) is 25.2 Å². The number of aromatic carboxylic acids is 1. The predicted octanol–water partition coefficient (Wildman–Crippen LogP) is 0.0860. The Kier molecular flexibility index (Phi) is 10.3. The number of amides is 5. The van der Waals surface area contributed by atoms with Crippen LogP contribution in [0.4, 0.5) is 18.0 Å². The molecule has 2 heterocycles. The number of benzene rings is 3. The van der Waals surface area contributed by atoms with Crippen molar-refractivity contribution < 1.29 is 76.5 Å². The lowest BCUT2D eigenvalue weighted by Crippen LogP contribution is -2.60. The first-order chi connectivity index (χ1) is 24.3. The van der Waals surface area contributed by atoms with Gasteiger partial charge in [-0.15, -0.1) is 0 Å². The Hall–Kier alpha value is -5.63. The molecule has 52 heavy (non-hydrogen) atoms. The van der Waals surface area contributed by atoms with E-state index < -0.39 is 121 Å². The molecule has 0 radical (unpaired) electrons. The van der Waals surface area contributed by atoms with Gasteiger partial charge < -0.3 is 50.3 Å². The molecule has 0 aliphatic carbocycles. The monoisotopic (exact) mass is 750 g/mol. The summed E-state index contributed by atoms with van der Waals surface area (Å²) < 4.78 is 61.3. The number of hydrogen-bond donors (Lipinski definition) is 8. The molecule has 22 heteroatoms. The summed E-state index contributed by atoms with van der Waals surface area (Å²) in [5, 5.41) is 42.5. The van der Waals surface area contributed by atoms with Crippen LogP contribution in [0.2, 0.25) is 0 Å². The van der Waals surface area contributed by atoms with Gasteiger partial charge in [-0.05, 0) is 48.2 Å². The van der Waals surface area contributed by atoms with E-state index in [0.717, 1.165) is 23.1 Å². The van der Waals surface area contributed by atoms with Crippen LogP contribution in [-0.4, -0.2) is 95.8 Å². The molecule has 5 rings (SSSR count).